The average molecular weight is 331 g/mol. The van der Waals surface area contributed by atoms with Gasteiger partial charge in [0, 0.05) is 38.2 Å². The van der Waals surface area contributed by atoms with E-state index in [1.54, 1.807) is 6.20 Å². The highest BCUT2D eigenvalue weighted by Gasteiger charge is 2.27. The van der Waals surface area contributed by atoms with E-state index in [4.69, 9.17) is 4.52 Å². The first-order valence-electron chi connectivity index (χ1n) is 8.84. The summed E-state index contributed by atoms with van der Waals surface area (Å²) in [7, 11) is 0. The molecule has 0 aliphatic carbocycles. The zero-order valence-corrected chi connectivity index (χ0v) is 14.2. The van der Waals surface area contributed by atoms with E-state index < -0.39 is 0 Å². The molecule has 24 heavy (non-hydrogen) atoms. The van der Waals surface area contributed by atoms with E-state index in [1.807, 2.05) is 21.8 Å². The summed E-state index contributed by atoms with van der Waals surface area (Å²) in [4.78, 5) is 19.0. The smallest absolute Gasteiger partial charge is 0.227 e. The minimum atomic E-state index is 0.169. The van der Waals surface area contributed by atoms with Gasteiger partial charge in [-0.25, -0.2) is 0 Å². The summed E-state index contributed by atoms with van der Waals surface area (Å²) in [6.07, 6.45) is 9.73. The van der Waals surface area contributed by atoms with Crippen LogP contribution in [0, 0.1) is 0 Å². The van der Waals surface area contributed by atoms with Crippen molar-refractivity contribution in [2.24, 2.45) is 0 Å². The Kier molecular flexibility index (Phi) is 5.61. The predicted molar refractivity (Wildman–Crippen MR) is 88.2 cm³/mol. The number of hydrogen-bond acceptors (Lipinski definition) is 5. The van der Waals surface area contributed by atoms with Crippen molar-refractivity contribution < 1.29 is 9.32 Å². The molecule has 7 nitrogen and oxygen atoms in total. The zero-order chi connectivity index (χ0) is 16.8. The van der Waals surface area contributed by atoms with Crippen LogP contribution in [0.25, 0.3) is 0 Å². The van der Waals surface area contributed by atoms with E-state index in [1.165, 1.54) is 6.42 Å². The van der Waals surface area contributed by atoms with Gasteiger partial charge in [-0.2, -0.15) is 10.1 Å². The number of piperidine rings is 1. The molecular formula is C17H25N5O2. The fourth-order valence-electron chi connectivity index (χ4n) is 3.22. The van der Waals surface area contributed by atoms with Crippen LogP contribution in [0.1, 0.15) is 50.7 Å². The highest BCUT2D eigenvalue weighted by molar-refractivity contribution is 5.76. The molecule has 1 fully saturated rings. The first-order chi connectivity index (χ1) is 11.8. The number of likely N-dealkylation sites (tertiary alicyclic amines) is 1. The molecule has 2 aromatic rings. The first-order valence-corrected chi connectivity index (χ1v) is 8.84. The van der Waals surface area contributed by atoms with Crippen molar-refractivity contribution in [3.8, 4) is 0 Å². The number of carbonyl (C=O) groups excluding carboxylic acids is 1. The van der Waals surface area contributed by atoms with Gasteiger partial charge in [0.15, 0.2) is 5.82 Å². The molecule has 1 aliphatic rings. The third kappa shape index (κ3) is 4.21. The number of aryl methyl sites for hydroxylation is 2. The quantitative estimate of drug-likeness (QED) is 0.777. The maximum absolute atomic E-state index is 12.6. The van der Waals surface area contributed by atoms with Crippen LogP contribution in [0.3, 0.4) is 0 Å². The normalized spacial score (nSPS) is 18.0. The second-order valence-corrected chi connectivity index (χ2v) is 6.32. The summed E-state index contributed by atoms with van der Waals surface area (Å²) in [6, 6.07) is 2.14. The van der Waals surface area contributed by atoms with Crippen LogP contribution in [0.15, 0.2) is 23.0 Å². The Morgan fingerprint density at radius 3 is 3.08 bits per heavy atom. The molecule has 0 radical (unpaired) electrons. The van der Waals surface area contributed by atoms with Crippen molar-refractivity contribution >= 4 is 5.91 Å². The number of nitrogens with zero attached hydrogens (tertiary/aromatic N) is 5. The molecule has 1 atom stereocenters. The van der Waals surface area contributed by atoms with Gasteiger partial charge in [-0.15, -0.1) is 0 Å². The van der Waals surface area contributed by atoms with Crippen molar-refractivity contribution in [2.45, 2.75) is 64.5 Å². The lowest BCUT2D eigenvalue weighted by Gasteiger charge is -2.35. The Hall–Kier alpha value is -2.18. The summed E-state index contributed by atoms with van der Waals surface area (Å²) in [5, 5.41) is 8.20. The molecule has 0 spiro atoms. The van der Waals surface area contributed by atoms with Gasteiger partial charge >= 0.3 is 0 Å². The lowest BCUT2D eigenvalue weighted by Crippen LogP contribution is -2.46. The third-order valence-corrected chi connectivity index (χ3v) is 4.44. The molecule has 0 saturated carbocycles. The first kappa shape index (κ1) is 16.7. The highest BCUT2D eigenvalue weighted by Crippen LogP contribution is 2.20. The van der Waals surface area contributed by atoms with Crippen LogP contribution in [0.5, 0.6) is 0 Å². The van der Waals surface area contributed by atoms with Gasteiger partial charge in [0.05, 0.1) is 12.6 Å². The summed E-state index contributed by atoms with van der Waals surface area (Å²) in [5.41, 5.74) is 0. The van der Waals surface area contributed by atoms with Crippen LogP contribution in [0.2, 0.25) is 0 Å². The molecule has 130 valence electrons. The minimum Gasteiger partial charge on any atom is -0.339 e. The number of aromatic nitrogens is 4. The van der Waals surface area contributed by atoms with E-state index in [0.29, 0.717) is 18.7 Å². The highest BCUT2D eigenvalue weighted by atomic mass is 16.5. The monoisotopic (exact) mass is 331 g/mol. The largest absolute Gasteiger partial charge is 0.339 e. The van der Waals surface area contributed by atoms with Crippen molar-refractivity contribution in [1.82, 2.24) is 24.8 Å². The SMILES string of the molecule is CCCc1noc(CCC(=O)N2CCCCC2Cn2cccn2)n1. The Balaban J connectivity index is 1.55. The van der Waals surface area contributed by atoms with Crippen LogP contribution >= 0.6 is 0 Å². The molecule has 0 N–H and O–H groups in total. The van der Waals surface area contributed by atoms with Gasteiger partial charge in [-0.05, 0) is 31.7 Å². The maximum Gasteiger partial charge on any atom is 0.227 e. The molecule has 0 bridgehead atoms. The zero-order valence-electron chi connectivity index (χ0n) is 14.2. The Bertz CT molecular complexity index is 637. The fourth-order valence-corrected chi connectivity index (χ4v) is 3.22. The summed E-state index contributed by atoms with van der Waals surface area (Å²) in [6.45, 7) is 3.67. The summed E-state index contributed by atoms with van der Waals surface area (Å²) in [5.74, 6) is 1.46. The van der Waals surface area contributed by atoms with Gasteiger partial charge in [0.2, 0.25) is 11.8 Å². The number of hydrogen-bond donors (Lipinski definition) is 0. The molecular weight excluding hydrogens is 306 g/mol. The molecule has 7 heteroatoms. The average Bonchev–Trinajstić information content (AvgIpc) is 3.25. The van der Waals surface area contributed by atoms with Crippen molar-refractivity contribution in [2.75, 3.05) is 6.54 Å². The number of amides is 1. The maximum atomic E-state index is 12.6. The minimum absolute atomic E-state index is 0.169. The molecule has 1 unspecified atom stereocenters. The van der Waals surface area contributed by atoms with Crippen molar-refractivity contribution in [3.63, 3.8) is 0 Å². The van der Waals surface area contributed by atoms with Crippen LogP contribution in [0.4, 0.5) is 0 Å². The van der Waals surface area contributed by atoms with Crippen LogP contribution in [-0.4, -0.2) is 43.3 Å². The Morgan fingerprint density at radius 1 is 1.38 bits per heavy atom. The second kappa shape index (κ2) is 8.08. The van der Waals surface area contributed by atoms with E-state index >= 15 is 0 Å². The second-order valence-electron chi connectivity index (χ2n) is 6.32. The molecule has 1 saturated heterocycles. The van der Waals surface area contributed by atoms with Crippen LogP contribution < -0.4 is 0 Å². The number of rotatable bonds is 7. The Labute approximate surface area is 142 Å². The van der Waals surface area contributed by atoms with Crippen LogP contribution in [-0.2, 0) is 24.2 Å². The fraction of sp³-hybridized carbons (Fsp3) is 0.647. The predicted octanol–water partition coefficient (Wildman–Crippen LogP) is 2.23. The molecule has 3 rings (SSSR count). The van der Waals surface area contributed by atoms with Gasteiger partial charge < -0.3 is 9.42 Å². The van der Waals surface area contributed by atoms with Crippen molar-refractivity contribution in [3.05, 3.63) is 30.2 Å². The third-order valence-electron chi connectivity index (χ3n) is 4.44. The number of carbonyl (C=O) groups is 1. The van der Waals surface area contributed by atoms with E-state index in [9.17, 15) is 4.79 Å². The van der Waals surface area contributed by atoms with E-state index in [0.717, 1.165) is 44.6 Å². The lowest BCUT2D eigenvalue weighted by molar-refractivity contribution is -0.135. The molecule has 1 aliphatic heterocycles. The summed E-state index contributed by atoms with van der Waals surface area (Å²) < 4.78 is 7.13. The Morgan fingerprint density at radius 2 is 2.29 bits per heavy atom. The molecule has 0 aromatic carbocycles. The van der Waals surface area contributed by atoms with Gasteiger partial charge in [-0.3, -0.25) is 9.48 Å². The van der Waals surface area contributed by atoms with Gasteiger partial charge in [0.1, 0.15) is 0 Å². The van der Waals surface area contributed by atoms with Gasteiger partial charge in [0.25, 0.3) is 0 Å². The van der Waals surface area contributed by atoms with Gasteiger partial charge in [-0.1, -0.05) is 12.1 Å². The topological polar surface area (TPSA) is 77.0 Å². The molecule has 1 amide bonds. The standard InChI is InChI=1S/C17H25N5O2/c1-2-6-15-19-16(24-20-15)8-9-17(23)22-12-4-3-7-14(22)13-21-11-5-10-18-21/h5,10-11,14H,2-4,6-9,12-13H2,1H3. The van der Waals surface area contributed by atoms with E-state index in [-0.39, 0.29) is 11.9 Å². The van der Waals surface area contributed by atoms with Crippen molar-refractivity contribution in [1.29, 1.82) is 0 Å². The molecule has 3 heterocycles. The van der Waals surface area contributed by atoms with E-state index in [2.05, 4.69) is 22.2 Å². The lowest BCUT2D eigenvalue weighted by atomic mass is 10.0. The summed E-state index contributed by atoms with van der Waals surface area (Å²) >= 11 is 0. The molecule has 2 aromatic heterocycles.